The van der Waals surface area contributed by atoms with Crippen LogP contribution in [0, 0.1) is 0 Å². The van der Waals surface area contributed by atoms with Crippen molar-refractivity contribution in [2.45, 2.75) is 0 Å². The lowest BCUT2D eigenvalue weighted by atomic mass is 10.3. The molecule has 1 aromatic heterocycles. The van der Waals surface area contributed by atoms with E-state index < -0.39 is 5.91 Å². The van der Waals surface area contributed by atoms with Crippen molar-refractivity contribution in [2.75, 3.05) is 5.32 Å². The van der Waals surface area contributed by atoms with Gasteiger partial charge in [0, 0.05) is 0 Å². The van der Waals surface area contributed by atoms with E-state index in [1.165, 1.54) is 11.0 Å². The van der Waals surface area contributed by atoms with E-state index in [9.17, 15) is 4.79 Å². The summed E-state index contributed by atoms with van der Waals surface area (Å²) in [5.74, 6) is -0.418. The van der Waals surface area contributed by atoms with E-state index in [-0.39, 0.29) is 5.82 Å². The fraction of sp³-hybridized carbons (Fsp3) is 0. The van der Waals surface area contributed by atoms with E-state index in [0.29, 0.717) is 21.4 Å². The van der Waals surface area contributed by atoms with Gasteiger partial charge in [0.2, 0.25) is 5.82 Å². The van der Waals surface area contributed by atoms with Crippen molar-refractivity contribution in [3.8, 4) is 5.69 Å². The Kier molecular flexibility index (Phi) is 4.09. The second-order valence-corrected chi connectivity index (χ2v) is 5.21. The van der Waals surface area contributed by atoms with Gasteiger partial charge in [0.15, 0.2) is 0 Å². The summed E-state index contributed by atoms with van der Waals surface area (Å²) in [6.45, 7) is 0. The zero-order chi connectivity index (χ0) is 15.5. The molecule has 5 nitrogen and oxygen atoms in total. The lowest BCUT2D eigenvalue weighted by Crippen LogP contribution is -2.14. The molecule has 7 heteroatoms. The first-order valence-corrected chi connectivity index (χ1v) is 7.13. The molecule has 0 unspecified atom stereocenters. The molecule has 1 N–H and O–H groups in total. The molecule has 3 rings (SSSR count). The van der Waals surface area contributed by atoms with Crippen molar-refractivity contribution in [1.29, 1.82) is 0 Å². The number of carbonyl (C=O) groups is 1. The number of halogens is 2. The summed E-state index contributed by atoms with van der Waals surface area (Å²) < 4.78 is 1.45. The molecule has 0 fully saturated rings. The molecule has 1 amide bonds. The lowest BCUT2D eigenvalue weighted by Gasteiger charge is -2.04. The molecular weight excluding hydrogens is 323 g/mol. The number of rotatable bonds is 3. The van der Waals surface area contributed by atoms with Crippen LogP contribution in [0.5, 0.6) is 0 Å². The molecule has 1 heterocycles. The largest absolute Gasteiger partial charge is 0.318 e. The minimum atomic E-state index is -0.445. The fourth-order valence-electron chi connectivity index (χ4n) is 1.86. The number of anilines is 1. The van der Waals surface area contributed by atoms with Crippen LogP contribution in [0.4, 0.5) is 5.69 Å². The molecule has 0 saturated heterocycles. The van der Waals surface area contributed by atoms with Crippen molar-refractivity contribution in [2.24, 2.45) is 0 Å². The number of para-hydroxylation sites is 2. The van der Waals surface area contributed by atoms with Crippen LogP contribution in [0.15, 0.2) is 54.9 Å². The predicted molar refractivity (Wildman–Crippen MR) is 85.8 cm³/mol. The molecule has 0 aliphatic rings. The number of hydrogen-bond acceptors (Lipinski definition) is 3. The van der Waals surface area contributed by atoms with Gasteiger partial charge in [-0.2, -0.15) is 0 Å². The van der Waals surface area contributed by atoms with Crippen LogP contribution >= 0.6 is 23.2 Å². The van der Waals surface area contributed by atoms with Crippen LogP contribution in [-0.2, 0) is 0 Å². The highest BCUT2D eigenvalue weighted by atomic mass is 35.5. The third kappa shape index (κ3) is 2.95. The highest BCUT2D eigenvalue weighted by Gasteiger charge is 2.14. The second-order valence-electron chi connectivity index (χ2n) is 4.40. The minimum Gasteiger partial charge on any atom is -0.318 e. The first kappa shape index (κ1) is 14.6. The van der Waals surface area contributed by atoms with Gasteiger partial charge in [-0.05, 0) is 24.3 Å². The Morgan fingerprint density at radius 2 is 1.68 bits per heavy atom. The first-order valence-electron chi connectivity index (χ1n) is 6.37. The third-order valence-electron chi connectivity index (χ3n) is 2.92. The molecule has 110 valence electrons. The molecule has 0 bridgehead atoms. The van der Waals surface area contributed by atoms with Crippen molar-refractivity contribution in [1.82, 2.24) is 14.8 Å². The number of aromatic nitrogens is 3. The Labute approximate surface area is 136 Å². The summed E-state index contributed by atoms with van der Waals surface area (Å²) in [5, 5.41) is 7.76. The molecule has 0 spiro atoms. The Balaban J connectivity index is 1.84. The third-order valence-corrected chi connectivity index (χ3v) is 3.57. The van der Waals surface area contributed by atoms with E-state index in [0.717, 1.165) is 0 Å². The molecular formula is C15H10Cl2N4O. The van der Waals surface area contributed by atoms with Crippen molar-refractivity contribution in [3.05, 3.63) is 70.7 Å². The van der Waals surface area contributed by atoms with E-state index in [1.54, 1.807) is 36.4 Å². The van der Waals surface area contributed by atoms with Gasteiger partial charge in [0.1, 0.15) is 6.33 Å². The van der Waals surface area contributed by atoms with Crippen molar-refractivity contribution >= 4 is 34.8 Å². The minimum absolute atomic E-state index is 0.0276. The monoisotopic (exact) mass is 332 g/mol. The smallest absolute Gasteiger partial charge is 0.295 e. The molecule has 0 atom stereocenters. The van der Waals surface area contributed by atoms with Gasteiger partial charge in [-0.1, -0.05) is 47.5 Å². The molecule has 3 aromatic rings. The number of hydrogen-bond donors (Lipinski definition) is 1. The maximum atomic E-state index is 12.2. The van der Waals surface area contributed by atoms with E-state index in [4.69, 9.17) is 23.2 Å². The van der Waals surface area contributed by atoms with Crippen molar-refractivity contribution < 1.29 is 4.79 Å². The van der Waals surface area contributed by atoms with E-state index >= 15 is 0 Å². The molecule has 0 aliphatic carbocycles. The molecule has 0 radical (unpaired) electrons. The highest BCUT2D eigenvalue weighted by Crippen LogP contribution is 2.21. The summed E-state index contributed by atoms with van der Waals surface area (Å²) >= 11 is 12.1. The van der Waals surface area contributed by atoms with Gasteiger partial charge in [-0.25, -0.2) is 9.67 Å². The average molecular weight is 333 g/mol. The Morgan fingerprint density at radius 3 is 2.41 bits per heavy atom. The lowest BCUT2D eigenvalue weighted by molar-refractivity contribution is 0.101. The van der Waals surface area contributed by atoms with Crippen LogP contribution in [0.2, 0.25) is 10.0 Å². The van der Waals surface area contributed by atoms with E-state index in [1.807, 2.05) is 12.1 Å². The van der Waals surface area contributed by atoms with Gasteiger partial charge in [0.25, 0.3) is 5.91 Å². The Bertz CT molecular complexity index is 832. The van der Waals surface area contributed by atoms with Crippen LogP contribution in [0.1, 0.15) is 10.6 Å². The summed E-state index contributed by atoms with van der Waals surface area (Å²) in [4.78, 5) is 16.2. The predicted octanol–water partition coefficient (Wildman–Crippen LogP) is 3.83. The fourth-order valence-corrected chi connectivity index (χ4v) is 2.27. The molecule has 2 aromatic carbocycles. The highest BCUT2D eigenvalue weighted by molar-refractivity contribution is 6.34. The molecule has 0 aliphatic heterocycles. The average Bonchev–Trinajstić information content (AvgIpc) is 3.00. The Morgan fingerprint density at radius 1 is 1.00 bits per heavy atom. The normalized spacial score (nSPS) is 10.5. The van der Waals surface area contributed by atoms with Crippen molar-refractivity contribution in [3.63, 3.8) is 0 Å². The van der Waals surface area contributed by atoms with Crippen LogP contribution in [0.25, 0.3) is 5.69 Å². The number of nitrogens with zero attached hydrogens (tertiary/aromatic N) is 3. The van der Waals surface area contributed by atoms with E-state index in [2.05, 4.69) is 15.4 Å². The maximum Gasteiger partial charge on any atom is 0.295 e. The first-order chi connectivity index (χ1) is 10.6. The molecule has 22 heavy (non-hydrogen) atoms. The standard InChI is InChI=1S/C15H10Cl2N4O/c16-10-5-1-3-7-12(10)19-15(22)14-18-9-21(20-14)13-8-4-2-6-11(13)17/h1-9H,(H,19,22). The van der Waals surface area contributed by atoms with Gasteiger partial charge in [-0.3, -0.25) is 4.79 Å². The number of nitrogens with one attached hydrogen (secondary N) is 1. The second kappa shape index (κ2) is 6.17. The summed E-state index contributed by atoms with van der Waals surface area (Å²) in [5.41, 5.74) is 1.15. The Hall–Kier alpha value is -2.37. The zero-order valence-corrected chi connectivity index (χ0v) is 12.7. The summed E-state index contributed by atoms with van der Waals surface area (Å²) in [6, 6.07) is 14.1. The van der Waals surface area contributed by atoms with Gasteiger partial charge in [0.05, 0.1) is 21.4 Å². The maximum absolute atomic E-state index is 12.2. The molecule has 0 saturated carbocycles. The topological polar surface area (TPSA) is 59.8 Å². The van der Waals surface area contributed by atoms with Gasteiger partial charge < -0.3 is 5.32 Å². The van der Waals surface area contributed by atoms with Crippen LogP contribution in [0.3, 0.4) is 0 Å². The SMILES string of the molecule is O=C(Nc1ccccc1Cl)c1ncn(-c2ccccc2Cl)n1. The van der Waals surface area contributed by atoms with Gasteiger partial charge in [-0.15, -0.1) is 5.10 Å². The summed E-state index contributed by atoms with van der Waals surface area (Å²) in [6.07, 6.45) is 1.43. The van der Waals surface area contributed by atoms with Crippen LogP contribution < -0.4 is 5.32 Å². The number of amides is 1. The van der Waals surface area contributed by atoms with Gasteiger partial charge >= 0.3 is 0 Å². The van der Waals surface area contributed by atoms with Crippen LogP contribution in [-0.4, -0.2) is 20.7 Å². The number of benzene rings is 2. The zero-order valence-electron chi connectivity index (χ0n) is 11.2. The summed E-state index contributed by atoms with van der Waals surface area (Å²) in [7, 11) is 0. The quantitative estimate of drug-likeness (QED) is 0.792. The number of carbonyl (C=O) groups excluding carboxylic acids is 1.